The molecule has 0 spiro atoms. The highest BCUT2D eigenvalue weighted by molar-refractivity contribution is 5.80. The van der Waals surface area contributed by atoms with Crippen molar-refractivity contribution in [3.8, 4) is 0 Å². The maximum Gasteiger partial charge on any atom is 0.323 e. The zero-order chi connectivity index (χ0) is 15.8. The van der Waals surface area contributed by atoms with Crippen molar-refractivity contribution in [2.24, 2.45) is 0 Å². The first-order valence-electron chi connectivity index (χ1n) is 6.95. The van der Waals surface area contributed by atoms with Gasteiger partial charge in [0.05, 0.1) is 0 Å². The van der Waals surface area contributed by atoms with Crippen molar-refractivity contribution in [2.75, 3.05) is 13.1 Å². The molecule has 2 amide bonds. The van der Waals surface area contributed by atoms with E-state index in [1.807, 2.05) is 6.92 Å². The van der Waals surface area contributed by atoms with Crippen molar-refractivity contribution in [2.45, 2.75) is 32.7 Å². The Kier molecular flexibility index (Phi) is 6.65. The molecule has 0 heterocycles. The Balaban J connectivity index is 2.54. The predicted octanol–water partition coefficient (Wildman–Crippen LogP) is 2.26. The minimum atomic E-state index is -1.06. The molecule has 1 aromatic carbocycles. The Morgan fingerprint density at radius 2 is 2.05 bits per heavy atom. The average Bonchev–Trinajstić information content (AvgIpc) is 2.45. The monoisotopic (exact) mass is 296 g/mol. The van der Waals surface area contributed by atoms with Gasteiger partial charge >= 0.3 is 12.0 Å². The number of rotatable bonds is 7. The second kappa shape index (κ2) is 8.24. The summed E-state index contributed by atoms with van der Waals surface area (Å²) in [6.07, 6.45) is 1.02. The second-order valence-corrected chi connectivity index (χ2v) is 4.85. The number of benzene rings is 1. The quantitative estimate of drug-likeness (QED) is 0.811. The number of urea groups is 1. The first-order chi connectivity index (χ1) is 9.95. The molecule has 1 atom stereocenters. The lowest BCUT2D eigenvalue weighted by molar-refractivity contribution is -0.138. The Hall–Kier alpha value is -2.11. The predicted molar refractivity (Wildman–Crippen MR) is 77.6 cm³/mol. The third-order valence-corrected chi connectivity index (χ3v) is 3.32. The lowest BCUT2D eigenvalue weighted by Gasteiger charge is -2.27. The number of hydrogen-bond acceptors (Lipinski definition) is 2. The highest BCUT2D eigenvalue weighted by Crippen LogP contribution is 2.07. The zero-order valence-corrected chi connectivity index (χ0v) is 12.3. The van der Waals surface area contributed by atoms with Crippen LogP contribution in [0.25, 0.3) is 0 Å². The molecule has 0 saturated carbocycles. The molecule has 6 heteroatoms. The van der Waals surface area contributed by atoms with E-state index in [2.05, 4.69) is 5.32 Å². The summed E-state index contributed by atoms with van der Waals surface area (Å²) in [5.41, 5.74) is 0.520. The van der Waals surface area contributed by atoms with Gasteiger partial charge in [-0.2, -0.15) is 0 Å². The molecule has 0 aliphatic heterocycles. The summed E-state index contributed by atoms with van der Waals surface area (Å²) in [6, 6.07) is 5.75. The molecule has 0 bridgehead atoms. The number of amides is 2. The van der Waals surface area contributed by atoms with Crippen molar-refractivity contribution in [1.82, 2.24) is 10.2 Å². The fourth-order valence-corrected chi connectivity index (χ4v) is 1.90. The third kappa shape index (κ3) is 5.41. The van der Waals surface area contributed by atoms with E-state index in [-0.39, 0.29) is 24.9 Å². The van der Waals surface area contributed by atoms with E-state index in [9.17, 15) is 14.0 Å². The smallest absolute Gasteiger partial charge is 0.323 e. The first-order valence-corrected chi connectivity index (χ1v) is 6.95. The van der Waals surface area contributed by atoms with Crippen LogP contribution in [0.15, 0.2) is 24.3 Å². The van der Waals surface area contributed by atoms with Gasteiger partial charge in [-0.05, 0) is 31.4 Å². The van der Waals surface area contributed by atoms with E-state index in [4.69, 9.17) is 5.11 Å². The van der Waals surface area contributed by atoms with Gasteiger partial charge in [-0.25, -0.2) is 9.18 Å². The molecule has 0 fully saturated rings. The molecule has 2 N–H and O–H groups in total. The Morgan fingerprint density at radius 3 is 2.62 bits per heavy atom. The Labute approximate surface area is 123 Å². The van der Waals surface area contributed by atoms with Crippen molar-refractivity contribution < 1.29 is 19.1 Å². The van der Waals surface area contributed by atoms with Gasteiger partial charge in [0.1, 0.15) is 12.4 Å². The molecular formula is C15H21FN2O3. The van der Waals surface area contributed by atoms with Gasteiger partial charge in [-0.1, -0.05) is 25.1 Å². The Morgan fingerprint density at radius 1 is 1.38 bits per heavy atom. The highest BCUT2D eigenvalue weighted by atomic mass is 19.1. The number of halogens is 1. The fourth-order valence-electron chi connectivity index (χ4n) is 1.90. The van der Waals surface area contributed by atoms with Crippen LogP contribution < -0.4 is 5.32 Å². The second-order valence-electron chi connectivity index (χ2n) is 4.85. The molecule has 1 rings (SSSR count). The molecule has 0 radical (unpaired) electrons. The summed E-state index contributed by atoms with van der Waals surface area (Å²) in [4.78, 5) is 24.1. The molecule has 21 heavy (non-hydrogen) atoms. The Bertz CT molecular complexity index is 494. The largest absolute Gasteiger partial charge is 0.480 e. The average molecular weight is 296 g/mol. The maximum absolute atomic E-state index is 13.4. The van der Waals surface area contributed by atoms with Crippen molar-refractivity contribution in [1.29, 1.82) is 0 Å². The lowest BCUT2D eigenvalue weighted by atomic mass is 10.1. The SMILES string of the molecule is CCC(C)N(CC(=O)O)C(=O)NCCc1ccccc1F. The van der Waals surface area contributed by atoms with Gasteiger partial charge in [0, 0.05) is 12.6 Å². The molecule has 1 unspecified atom stereocenters. The van der Waals surface area contributed by atoms with E-state index in [1.165, 1.54) is 11.0 Å². The summed E-state index contributed by atoms with van der Waals surface area (Å²) >= 11 is 0. The molecule has 116 valence electrons. The number of carboxylic acid groups (broad SMARTS) is 1. The first kappa shape index (κ1) is 16.9. The van der Waals surface area contributed by atoms with Gasteiger partial charge in [0.25, 0.3) is 0 Å². The number of carboxylic acids is 1. The molecular weight excluding hydrogens is 275 g/mol. The maximum atomic E-state index is 13.4. The van der Waals surface area contributed by atoms with Crippen LogP contribution in [-0.4, -0.2) is 41.1 Å². The number of carbonyl (C=O) groups is 2. The van der Waals surface area contributed by atoms with Crippen LogP contribution in [0, 0.1) is 5.82 Å². The summed E-state index contributed by atoms with van der Waals surface area (Å²) < 4.78 is 13.4. The van der Waals surface area contributed by atoms with Crippen LogP contribution in [0.5, 0.6) is 0 Å². The van der Waals surface area contributed by atoms with Crippen molar-refractivity contribution in [3.05, 3.63) is 35.6 Å². The van der Waals surface area contributed by atoms with Gasteiger partial charge < -0.3 is 15.3 Å². The van der Waals surface area contributed by atoms with Gasteiger partial charge in [0.2, 0.25) is 0 Å². The number of carbonyl (C=O) groups excluding carboxylic acids is 1. The van der Waals surface area contributed by atoms with Gasteiger partial charge in [-0.15, -0.1) is 0 Å². The number of nitrogens with zero attached hydrogens (tertiary/aromatic N) is 1. The van der Waals surface area contributed by atoms with Gasteiger partial charge in [-0.3, -0.25) is 4.79 Å². The molecule has 0 saturated heterocycles. The van der Waals surface area contributed by atoms with Crippen LogP contribution in [-0.2, 0) is 11.2 Å². The van der Waals surface area contributed by atoms with E-state index in [0.717, 1.165) is 0 Å². The van der Waals surface area contributed by atoms with Gasteiger partial charge in [0.15, 0.2) is 0 Å². The molecule has 0 aliphatic rings. The van der Waals surface area contributed by atoms with E-state index < -0.39 is 12.0 Å². The lowest BCUT2D eigenvalue weighted by Crippen LogP contribution is -2.47. The molecule has 0 aliphatic carbocycles. The fraction of sp³-hybridized carbons (Fsp3) is 0.467. The summed E-state index contributed by atoms with van der Waals surface area (Å²) in [5, 5.41) is 11.5. The molecule has 0 aromatic heterocycles. The van der Waals surface area contributed by atoms with E-state index >= 15 is 0 Å². The normalized spacial score (nSPS) is 11.8. The summed E-state index contributed by atoms with van der Waals surface area (Å²) in [7, 11) is 0. The van der Waals surface area contributed by atoms with Crippen LogP contribution in [0.1, 0.15) is 25.8 Å². The number of aliphatic carboxylic acids is 1. The number of hydrogen-bond donors (Lipinski definition) is 2. The van der Waals surface area contributed by atoms with E-state index in [0.29, 0.717) is 18.4 Å². The third-order valence-electron chi connectivity index (χ3n) is 3.32. The van der Waals surface area contributed by atoms with Crippen LogP contribution >= 0.6 is 0 Å². The van der Waals surface area contributed by atoms with Crippen molar-refractivity contribution >= 4 is 12.0 Å². The number of nitrogens with one attached hydrogen (secondary N) is 1. The zero-order valence-electron chi connectivity index (χ0n) is 12.3. The highest BCUT2D eigenvalue weighted by Gasteiger charge is 2.21. The molecule has 1 aromatic rings. The molecule has 5 nitrogen and oxygen atoms in total. The minimum Gasteiger partial charge on any atom is -0.480 e. The summed E-state index contributed by atoms with van der Waals surface area (Å²) in [5.74, 6) is -1.37. The van der Waals surface area contributed by atoms with Crippen LogP contribution in [0.4, 0.5) is 9.18 Å². The van der Waals surface area contributed by atoms with E-state index in [1.54, 1.807) is 25.1 Å². The summed E-state index contributed by atoms with van der Waals surface area (Å²) in [6.45, 7) is 3.58. The standard InChI is InChI=1S/C15H21FN2O3/c1-3-11(2)18(10-14(19)20)15(21)17-9-8-12-6-4-5-7-13(12)16/h4-7,11H,3,8-10H2,1-2H3,(H,17,21)(H,19,20). The topological polar surface area (TPSA) is 69.6 Å². The van der Waals surface area contributed by atoms with Crippen molar-refractivity contribution in [3.63, 3.8) is 0 Å². The van der Waals surface area contributed by atoms with Crippen LogP contribution in [0.3, 0.4) is 0 Å². The minimum absolute atomic E-state index is 0.172. The van der Waals surface area contributed by atoms with Crippen LogP contribution in [0.2, 0.25) is 0 Å².